The van der Waals surface area contributed by atoms with Gasteiger partial charge in [0.1, 0.15) is 0 Å². The van der Waals surface area contributed by atoms with Crippen LogP contribution in [0.1, 0.15) is 31.3 Å². The molecule has 1 N–H and O–H groups in total. The molecule has 0 saturated heterocycles. The zero-order valence-electron chi connectivity index (χ0n) is 16.8. The summed E-state index contributed by atoms with van der Waals surface area (Å²) in [6.45, 7) is 4.84. The summed E-state index contributed by atoms with van der Waals surface area (Å²) in [6, 6.07) is 15.6. The highest BCUT2D eigenvalue weighted by Crippen LogP contribution is 2.37. The maximum Gasteiger partial charge on any atom is 0.258 e. The SMILES string of the molecule is CCN1C(=S)NC(c2ccc(Cl)cc2)C(c2nc(-c3ccc(SC)cc3)no2)=C1C. The summed E-state index contributed by atoms with van der Waals surface area (Å²) in [7, 11) is 0. The molecule has 0 amide bonds. The Morgan fingerprint density at radius 1 is 1.17 bits per heavy atom. The van der Waals surface area contributed by atoms with E-state index in [0.29, 0.717) is 21.9 Å². The molecule has 30 heavy (non-hydrogen) atoms. The Bertz CT molecular complexity index is 1090. The maximum absolute atomic E-state index is 6.09. The van der Waals surface area contributed by atoms with Crippen molar-refractivity contribution in [3.63, 3.8) is 0 Å². The zero-order valence-corrected chi connectivity index (χ0v) is 19.2. The Kier molecular flexibility index (Phi) is 6.13. The van der Waals surface area contributed by atoms with Crippen LogP contribution in [0.3, 0.4) is 0 Å². The Labute approximate surface area is 190 Å². The van der Waals surface area contributed by atoms with Gasteiger partial charge in [0.15, 0.2) is 5.11 Å². The van der Waals surface area contributed by atoms with Gasteiger partial charge in [0, 0.05) is 27.7 Å². The minimum absolute atomic E-state index is 0.204. The van der Waals surface area contributed by atoms with Gasteiger partial charge >= 0.3 is 0 Å². The molecule has 3 aromatic rings. The van der Waals surface area contributed by atoms with Gasteiger partial charge in [0.25, 0.3) is 5.89 Å². The molecular weight excluding hydrogens is 436 g/mol. The molecule has 154 valence electrons. The van der Waals surface area contributed by atoms with Gasteiger partial charge < -0.3 is 14.7 Å². The Morgan fingerprint density at radius 3 is 2.50 bits per heavy atom. The Morgan fingerprint density at radius 2 is 1.87 bits per heavy atom. The molecule has 1 atom stereocenters. The predicted octanol–water partition coefficient (Wildman–Crippen LogP) is 5.79. The van der Waals surface area contributed by atoms with Crippen molar-refractivity contribution in [2.75, 3.05) is 12.8 Å². The maximum atomic E-state index is 6.09. The van der Waals surface area contributed by atoms with Crippen molar-refractivity contribution in [2.45, 2.75) is 24.8 Å². The second kappa shape index (κ2) is 8.79. The molecule has 0 spiro atoms. The van der Waals surface area contributed by atoms with Crippen molar-refractivity contribution >= 4 is 46.3 Å². The summed E-state index contributed by atoms with van der Waals surface area (Å²) in [6.07, 6.45) is 2.05. The summed E-state index contributed by atoms with van der Waals surface area (Å²) in [5, 5.41) is 9.01. The molecule has 5 nitrogen and oxygen atoms in total. The Hall–Kier alpha value is -2.35. The molecule has 0 bridgehead atoms. The summed E-state index contributed by atoms with van der Waals surface area (Å²) < 4.78 is 5.73. The Balaban J connectivity index is 1.78. The van der Waals surface area contributed by atoms with Crippen molar-refractivity contribution < 1.29 is 4.52 Å². The second-order valence-corrected chi connectivity index (χ2v) is 8.53. The van der Waals surface area contributed by atoms with Crippen LogP contribution in [0.2, 0.25) is 5.02 Å². The number of hydrogen-bond acceptors (Lipinski definition) is 5. The van der Waals surface area contributed by atoms with Crippen LogP contribution in [-0.2, 0) is 0 Å². The molecule has 0 radical (unpaired) electrons. The van der Waals surface area contributed by atoms with E-state index in [1.807, 2.05) is 54.5 Å². The average molecular weight is 457 g/mol. The van der Waals surface area contributed by atoms with Crippen LogP contribution in [0.15, 0.2) is 63.6 Å². The third-order valence-electron chi connectivity index (χ3n) is 5.12. The molecule has 2 heterocycles. The number of nitrogens with one attached hydrogen (secondary N) is 1. The minimum atomic E-state index is -0.204. The van der Waals surface area contributed by atoms with Crippen LogP contribution in [0, 0.1) is 0 Å². The lowest BCUT2D eigenvalue weighted by molar-refractivity contribution is 0.398. The van der Waals surface area contributed by atoms with Gasteiger partial charge in [-0.15, -0.1) is 11.8 Å². The van der Waals surface area contributed by atoms with Gasteiger partial charge in [-0.2, -0.15) is 4.98 Å². The van der Waals surface area contributed by atoms with Gasteiger partial charge in [-0.05, 0) is 74.3 Å². The number of benzene rings is 2. The van der Waals surface area contributed by atoms with Crippen molar-refractivity contribution in [1.29, 1.82) is 0 Å². The number of hydrogen-bond donors (Lipinski definition) is 1. The van der Waals surface area contributed by atoms with E-state index in [0.717, 1.165) is 28.9 Å². The van der Waals surface area contributed by atoms with E-state index in [1.54, 1.807) is 11.8 Å². The molecule has 0 fully saturated rings. The van der Waals surface area contributed by atoms with Gasteiger partial charge in [-0.1, -0.05) is 28.9 Å². The lowest BCUT2D eigenvalue weighted by Gasteiger charge is -2.36. The topological polar surface area (TPSA) is 54.2 Å². The highest BCUT2D eigenvalue weighted by Gasteiger charge is 2.33. The average Bonchev–Trinajstić information content (AvgIpc) is 3.24. The molecule has 1 unspecified atom stereocenters. The quantitative estimate of drug-likeness (QED) is 0.385. The highest BCUT2D eigenvalue weighted by molar-refractivity contribution is 7.98. The highest BCUT2D eigenvalue weighted by atomic mass is 35.5. The van der Waals surface area contributed by atoms with Gasteiger partial charge in [-0.3, -0.25) is 0 Å². The first kappa shape index (κ1) is 20.9. The van der Waals surface area contributed by atoms with Gasteiger partial charge in [-0.25, -0.2) is 0 Å². The van der Waals surface area contributed by atoms with E-state index >= 15 is 0 Å². The van der Waals surface area contributed by atoms with E-state index in [-0.39, 0.29) is 6.04 Å². The molecule has 0 aliphatic carbocycles. The third kappa shape index (κ3) is 3.97. The van der Waals surface area contributed by atoms with Crippen molar-refractivity contribution in [1.82, 2.24) is 20.4 Å². The number of allylic oxidation sites excluding steroid dienone is 1. The number of thioether (sulfide) groups is 1. The van der Waals surface area contributed by atoms with E-state index < -0.39 is 0 Å². The smallest absolute Gasteiger partial charge is 0.258 e. The molecule has 8 heteroatoms. The normalized spacial score (nSPS) is 16.7. The predicted molar refractivity (Wildman–Crippen MR) is 126 cm³/mol. The zero-order chi connectivity index (χ0) is 21.3. The van der Waals surface area contributed by atoms with E-state index in [9.17, 15) is 0 Å². The molecular formula is C22H21ClN4OS2. The summed E-state index contributed by atoms with van der Waals surface area (Å²) in [5.41, 5.74) is 3.84. The van der Waals surface area contributed by atoms with E-state index in [4.69, 9.17) is 33.3 Å². The molecule has 2 aromatic carbocycles. The van der Waals surface area contributed by atoms with Crippen LogP contribution in [0.4, 0.5) is 0 Å². The van der Waals surface area contributed by atoms with Crippen molar-refractivity contribution in [3.05, 3.63) is 70.7 Å². The first-order valence-corrected chi connectivity index (χ1v) is 11.6. The van der Waals surface area contributed by atoms with Crippen LogP contribution in [0.5, 0.6) is 0 Å². The fraction of sp³-hybridized carbons (Fsp3) is 0.227. The summed E-state index contributed by atoms with van der Waals surface area (Å²) in [5.74, 6) is 1.04. The van der Waals surface area contributed by atoms with Crippen molar-refractivity contribution in [2.24, 2.45) is 0 Å². The first-order chi connectivity index (χ1) is 14.5. The monoisotopic (exact) mass is 456 g/mol. The lowest BCUT2D eigenvalue weighted by Crippen LogP contribution is -2.45. The number of thiocarbonyl (C=S) groups is 1. The largest absolute Gasteiger partial charge is 0.351 e. The summed E-state index contributed by atoms with van der Waals surface area (Å²) >= 11 is 13.4. The fourth-order valence-corrected chi connectivity index (χ4v) is 4.45. The van der Waals surface area contributed by atoms with Crippen LogP contribution >= 0.6 is 35.6 Å². The van der Waals surface area contributed by atoms with Crippen LogP contribution in [-0.4, -0.2) is 33.0 Å². The second-order valence-electron chi connectivity index (χ2n) is 6.83. The van der Waals surface area contributed by atoms with E-state index in [1.165, 1.54) is 4.90 Å². The first-order valence-electron chi connectivity index (χ1n) is 9.54. The number of halogens is 1. The van der Waals surface area contributed by atoms with Crippen LogP contribution < -0.4 is 5.32 Å². The number of nitrogens with zero attached hydrogens (tertiary/aromatic N) is 3. The lowest BCUT2D eigenvalue weighted by atomic mass is 9.95. The fourth-order valence-electron chi connectivity index (χ4n) is 3.53. The molecule has 1 aliphatic heterocycles. The van der Waals surface area contributed by atoms with Gasteiger partial charge in [0.05, 0.1) is 11.6 Å². The summed E-state index contributed by atoms with van der Waals surface area (Å²) in [4.78, 5) is 7.94. The number of aromatic nitrogens is 2. The molecule has 1 aromatic heterocycles. The van der Waals surface area contributed by atoms with Crippen molar-refractivity contribution in [3.8, 4) is 11.4 Å². The van der Waals surface area contributed by atoms with E-state index in [2.05, 4.69) is 29.5 Å². The standard InChI is InChI=1S/C22H21ClN4OS2/c1-4-27-13(2)18(19(24-22(27)29)14-5-9-16(23)10-6-14)21-25-20(26-28-21)15-7-11-17(30-3)12-8-15/h5-12,19H,4H2,1-3H3,(H,24,29). The molecule has 4 rings (SSSR count). The van der Waals surface area contributed by atoms with Gasteiger partial charge in [0.2, 0.25) is 5.82 Å². The minimum Gasteiger partial charge on any atom is -0.351 e. The number of rotatable bonds is 5. The third-order valence-corrected chi connectivity index (χ3v) is 6.45. The van der Waals surface area contributed by atoms with Crippen LogP contribution in [0.25, 0.3) is 17.0 Å². The molecule has 0 saturated carbocycles. The molecule has 1 aliphatic rings.